The van der Waals surface area contributed by atoms with E-state index in [9.17, 15) is 42.0 Å². The van der Waals surface area contributed by atoms with Gasteiger partial charge in [0, 0.05) is 12.6 Å². The number of carbonyl (C=O) groups is 7. The molecule has 1 aliphatic rings. The number of Topliss-reactive ketones (excluding diaryl/α,β-unsaturated/α-hetero) is 1. The molecular formula is C37H51N7O10S. The number of benzene rings is 2. The van der Waals surface area contributed by atoms with Gasteiger partial charge in [0.15, 0.2) is 0 Å². The van der Waals surface area contributed by atoms with E-state index in [1.807, 2.05) is 13.8 Å². The van der Waals surface area contributed by atoms with Crippen molar-refractivity contribution in [2.45, 2.75) is 89.0 Å². The smallest absolute Gasteiger partial charge is 0.407 e. The van der Waals surface area contributed by atoms with E-state index in [0.29, 0.717) is 12.0 Å². The molecule has 2 aromatic rings. The Morgan fingerprint density at radius 1 is 0.891 bits per heavy atom. The molecule has 0 aromatic heterocycles. The number of hydrogen-bond donors (Lipinski definition) is 6. The van der Waals surface area contributed by atoms with E-state index in [0.717, 1.165) is 4.90 Å². The minimum Gasteiger partial charge on any atom is -0.449 e. The van der Waals surface area contributed by atoms with Crippen molar-refractivity contribution in [1.29, 1.82) is 0 Å². The number of rotatable bonds is 19. The van der Waals surface area contributed by atoms with E-state index in [1.165, 1.54) is 12.1 Å². The number of nitrogens with zero attached hydrogens (tertiary/aromatic N) is 1. The first-order valence-electron chi connectivity index (χ1n) is 18.0. The molecule has 1 saturated heterocycles. The van der Waals surface area contributed by atoms with Crippen LogP contribution in [0.4, 0.5) is 4.79 Å². The molecule has 55 heavy (non-hydrogen) atoms. The maximum atomic E-state index is 14.1. The van der Waals surface area contributed by atoms with E-state index in [1.54, 1.807) is 69.3 Å². The minimum absolute atomic E-state index is 0.00451. The fraction of sp³-hybridized carbons (Fsp3) is 0.486. The van der Waals surface area contributed by atoms with Gasteiger partial charge in [0.1, 0.15) is 18.1 Å². The standard InChI is InChI=1S/C37H51N7O10S/c1-6-13-27(32(46)35(49)39-19-29(45)41-31(33(38)47)24-14-9-7-10-15-24)40-34(48)28-18-25(43-55(52,53)26-16-11-8-12-17-26)20-44(28)36(50)30(23(4)5)42-37(51)54-21-22(2)3/h7-12,14-17,22-23,25,27-28,30-31,43H,6,13,18-21H2,1-5H3,(H2,38,47)(H,39,49)(H,40,48)(H,41,45)(H,42,51)/t25-,27?,28+,30+,31+/m1/s1. The van der Waals surface area contributed by atoms with Crippen LogP contribution in [0.25, 0.3) is 0 Å². The summed E-state index contributed by atoms with van der Waals surface area (Å²) in [6, 6.07) is 9.66. The van der Waals surface area contributed by atoms with Crippen molar-refractivity contribution >= 4 is 51.4 Å². The Bertz CT molecular complexity index is 1790. The summed E-state index contributed by atoms with van der Waals surface area (Å²) in [4.78, 5) is 92.6. The van der Waals surface area contributed by atoms with Crippen molar-refractivity contribution in [3.8, 4) is 0 Å². The lowest BCUT2D eigenvalue weighted by Gasteiger charge is -2.31. The second-order valence-electron chi connectivity index (χ2n) is 13.9. The Morgan fingerprint density at radius 3 is 2.07 bits per heavy atom. The van der Waals surface area contributed by atoms with E-state index in [2.05, 4.69) is 26.0 Å². The monoisotopic (exact) mass is 785 g/mol. The second-order valence-corrected chi connectivity index (χ2v) is 15.7. The van der Waals surface area contributed by atoms with Crippen molar-refractivity contribution in [3.63, 3.8) is 0 Å². The molecule has 17 nitrogen and oxygen atoms in total. The summed E-state index contributed by atoms with van der Waals surface area (Å²) in [5.41, 5.74) is 5.85. The number of hydrogen-bond acceptors (Lipinski definition) is 10. The lowest BCUT2D eigenvalue weighted by molar-refractivity contribution is -0.143. The molecule has 5 atom stereocenters. The van der Waals surface area contributed by atoms with Crippen LogP contribution < -0.4 is 31.7 Å². The van der Waals surface area contributed by atoms with Crippen molar-refractivity contribution in [1.82, 2.24) is 30.9 Å². The van der Waals surface area contributed by atoms with Crippen LogP contribution in [0.1, 0.15) is 65.5 Å². The number of nitrogens with one attached hydrogen (secondary N) is 5. The molecule has 1 heterocycles. The van der Waals surface area contributed by atoms with E-state index < -0.39 is 94.1 Å². The topological polar surface area (TPSA) is 252 Å². The summed E-state index contributed by atoms with van der Waals surface area (Å²) >= 11 is 0. The first kappa shape index (κ1) is 44.0. The highest BCUT2D eigenvalue weighted by atomic mass is 32.2. The number of alkyl carbamates (subject to hydrolysis) is 1. The van der Waals surface area contributed by atoms with Gasteiger partial charge < -0.3 is 36.6 Å². The normalized spacial score (nSPS) is 17.1. The molecule has 0 saturated carbocycles. The Labute approximate surface area is 320 Å². The summed E-state index contributed by atoms with van der Waals surface area (Å²) in [5, 5.41) is 9.71. The predicted octanol–water partition coefficient (Wildman–Crippen LogP) is 0.654. The molecule has 3 rings (SSSR count). The van der Waals surface area contributed by atoms with Crippen molar-refractivity contribution in [3.05, 3.63) is 66.2 Å². The number of carbonyl (C=O) groups excluding carboxylic acids is 7. The van der Waals surface area contributed by atoms with Gasteiger partial charge in [-0.1, -0.05) is 89.6 Å². The number of ketones is 1. The van der Waals surface area contributed by atoms with Crippen LogP contribution in [-0.2, 0) is 43.5 Å². The van der Waals surface area contributed by atoms with Gasteiger partial charge >= 0.3 is 6.09 Å². The van der Waals surface area contributed by atoms with Crippen LogP contribution in [0.15, 0.2) is 65.6 Å². The number of likely N-dealkylation sites (tertiary alicyclic amines) is 1. The van der Waals surface area contributed by atoms with E-state index in [4.69, 9.17) is 10.5 Å². The van der Waals surface area contributed by atoms with Gasteiger partial charge in [-0.3, -0.25) is 28.8 Å². The molecule has 1 unspecified atom stereocenters. The zero-order valence-corrected chi connectivity index (χ0v) is 32.4. The van der Waals surface area contributed by atoms with Gasteiger partial charge in [-0.15, -0.1) is 0 Å². The predicted molar refractivity (Wildman–Crippen MR) is 200 cm³/mol. The van der Waals surface area contributed by atoms with Crippen molar-refractivity contribution in [2.24, 2.45) is 17.6 Å². The molecule has 2 aromatic carbocycles. The first-order valence-corrected chi connectivity index (χ1v) is 19.5. The Morgan fingerprint density at radius 2 is 1.51 bits per heavy atom. The average Bonchev–Trinajstić information content (AvgIpc) is 3.57. The van der Waals surface area contributed by atoms with Crippen molar-refractivity contribution in [2.75, 3.05) is 19.7 Å². The molecule has 7 N–H and O–H groups in total. The second kappa shape index (κ2) is 20.4. The van der Waals surface area contributed by atoms with Crippen molar-refractivity contribution < 1.29 is 46.7 Å². The maximum Gasteiger partial charge on any atom is 0.407 e. The third kappa shape index (κ3) is 12.9. The molecule has 0 radical (unpaired) electrons. The molecule has 0 aliphatic carbocycles. The van der Waals surface area contributed by atoms with Gasteiger partial charge in [0.05, 0.1) is 24.1 Å². The number of amides is 6. The van der Waals surface area contributed by atoms with E-state index in [-0.39, 0.29) is 36.8 Å². The zero-order chi connectivity index (χ0) is 40.9. The molecule has 6 amide bonds. The largest absolute Gasteiger partial charge is 0.449 e. The van der Waals surface area contributed by atoms with Gasteiger partial charge in [0.2, 0.25) is 39.4 Å². The SMILES string of the molecule is CCCC(NC(=O)[C@@H]1C[C@@H](NS(=O)(=O)c2ccccc2)CN1C(=O)[C@@H](NC(=O)OCC(C)C)C(C)C)C(=O)C(=O)NCC(=O)N[C@H](C(N)=O)c1ccccc1. The molecule has 1 fully saturated rings. The van der Waals surface area contributed by atoms with Gasteiger partial charge in [-0.05, 0) is 42.4 Å². The number of primary amides is 1. The highest BCUT2D eigenvalue weighted by molar-refractivity contribution is 7.89. The fourth-order valence-electron chi connectivity index (χ4n) is 5.81. The average molecular weight is 786 g/mol. The van der Waals surface area contributed by atoms with Crippen LogP contribution in [0.5, 0.6) is 0 Å². The van der Waals surface area contributed by atoms with Crippen LogP contribution >= 0.6 is 0 Å². The number of ether oxygens (including phenoxy) is 1. The Balaban J connectivity index is 1.79. The molecule has 1 aliphatic heterocycles. The van der Waals surface area contributed by atoms with Crippen LogP contribution in [0.3, 0.4) is 0 Å². The number of sulfonamides is 1. The first-order chi connectivity index (χ1) is 25.9. The van der Waals surface area contributed by atoms with Gasteiger partial charge in [-0.25, -0.2) is 17.9 Å². The maximum absolute atomic E-state index is 14.1. The zero-order valence-electron chi connectivity index (χ0n) is 31.6. The Kier molecular flexibility index (Phi) is 16.3. The van der Waals surface area contributed by atoms with Gasteiger partial charge in [-0.2, -0.15) is 0 Å². The third-order valence-corrected chi connectivity index (χ3v) is 10.1. The van der Waals surface area contributed by atoms with Crippen LogP contribution in [0.2, 0.25) is 0 Å². The summed E-state index contributed by atoms with van der Waals surface area (Å²) < 4.78 is 34.2. The van der Waals surface area contributed by atoms with Gasteiger partial charge in [0.25, 0.3) is 5.91 Å². The quantitative estimate of drug-likeness (QED) is 0.109. The summed E-state index contributed by atoms with van der Waals surface area (Å²) in [5.74, 6) is -5.92. The molecule has 0 bridgehead atoms. The minimum atomic E-state index is -4.09. The van der Waals surface area contributed by atoms with Crippen LogP contribution in [-0.4, -0.2) is 98.6 Å². The Hall–Kier alpha value is -5.36. The lowest BCUT2D eigenvalue weighted by atomic mass is 10.0. The third-order valence-electron chi connectivity index (χ3n) is 8.58. The highest BCUT2D eigenvalue weighted by Gasteiger charge is 2.45. The lowest BCUT2D eigenvalue weighted by Crippen LogP contribution is -2.57. The fourth-order valence-corrected chi connectivity index (χ4v) is 7.07. The summed E-state index contributed by atoms with van der Waals surface area (Å²) in [6.07, 6.45) is -0.703. The summed E-state index contributed by atoms with van der Waals surface area (Å²) in [7, 11) is -4.09. The summed E-state index contributed by atoms with van der Waals surface area (Å²) in [6.45, 7) is 7.89. The van der Waals surface area contributed by atoms with Crippen LogP contribution in [0, 0.1) is 11.8 Å². The number of nitrogens with two attached hydrogens (primary N) is 1. The molecule has 0 spiro atoms. The molecular weight excluding hydrogens is 735 g/mol. The molecule has 18 heteroatoms. The highest BCUT2D eigenvalue weighted by Crippen LogP contribution is 2.24. The van der Waals surface area contributed by atoms with E-state index >= 15 is 0 Å². The molecule has 300 valence electrons.